The second kappa shape index (κ2) is 9.45. The highest BCUT2D eigenvalue weighted by atomic mass is 35.5. The van der Waals surface area contributed by atoms with Gasteiger partial charge in [0.2, 0.25) is 5.95 Å². The van der Waals surface area contributed by atoms with E-state index in [0.29, 0.717) is 23.3 Å². The van der Waals surface area contributed by atoms with Crippen LogP contribution in [0.4, 0.5) is 11.8 Å². The van der Waals surface area contributed by atoms with Gasteiger partial charge in [0.1, 0.15) is 10.8 Å². The number of rotatable bonds is 8. The number of aromatic nitrogens is 2. The Balaban J connectivity index is 2.13. The normalized spacial score (nSPS) is 15.4. The van der Waals surface area contributed by atoms with Gasteiger partial charge < -0.3 is 16.4 Å². The summed E-state index contributed by atoms with van der Waals surface area (Å²) in [6, 6.07) is 0. The van der Waals surface area contributed by atoms with Gasteiger partial charge >= 0.3 is 0 Å². The zero-order valence-electron chi connectivity index (χ0n) is 14.2. The summed E-state index contributed by atoms with van der Waals surface area (Å²) in [6.45, 7) is 7.43. The topological polar surface area (TPSA) is 75.9 Å². The molecule has 1 aliphatic carbocycles. The summed E-state index contributed by atoms with van der Waals surface area (Å²) in [5, 5.41) is 6.89. The lowest BCUT2D eigenvalue weighted by Crippen LogP contribution is -2.11. The van der Waals surface area contributed by atoms with Crippen LogP contribution in [0.5, 0.6) is 0 Å². The molecule has 0 fully saturated rings. The van der Waals surface area contributed by atoms with Crippen LogP contribution in [0, 0.1) is 0 Å². The predicted molar refractivity (Wildman–Crippen MR) is 102 cm³/mol. The summed E-state index contributed by atoms with van der Waals surface area (Å²) in [4.78, 5) is 8.68. The molecule has 0 atom stereocenters. The molecule has 130 valence electrons. The Morgan fingerprint density at radius 3 is 2.92 bits per heavy atom. The van der Waals surface area contributed by atoms with Crippen molar-refractivity contribution < 1.29 is 0 Å². The Labute approximate surface area is 149 Å². The molecular formula is C18H26ClN5. The molecule has 0 saturated carbocycles. The molecule has 0 saturated heterocycles. The van der Waals surface area contributed by atoms with Crippen LogP contribution in [0.1, 0.15) is 39.0 Å². The molecule has 1 aliphatic rings. The number of hydrogen-bond donors (Lipinski definition) is 3. The third-order valence-corrected chi connectivity index (χ3v) is 4.30. The first-order valence-electron chi connectivity index (χ1n) is 8.40. The standard InChI is InChI=1S/C18H26ClN5/c1-3-15(11-14-8-5-4-7-13(14)2)23-18-22-12-16(19)17(24-18)21-10-6-9-20/h3,11-12H,1,4-10,20H2,2H3,(H2,21,22,23,24)/b15-11+. The van der Waals surface area contributed by atoms with Gasteiger partial charge in [0.15, 0.2) is 0 Å². The fourth-order valence-electron chi connectivity index (χ4n) is 2.60. The molecule has 6 heteroatoms. The van der Waals surface area contributed by atoms with E-state index in [1.54, 1.807) is 12.3 Å². The van der Waals surface area contributed by atoms with Gasteiger partial charge in [0, 0.05) is 12.2 Å². The average molecular weight is 348 g/mol. The van der Waals surface area contributed by atoms with Crippen LogP contribution in [0.15, 0.2) is 41.8 Å². The fourth-order valence-corrected chi connectivity index (χ4v) is 2.76. The first-order chi connectivity index (χ1) is 11.6. The van der Waals surface area contributed by atoms with Gasteiger partial charge in [-0.05, 0) is 63.3 Å². The van der Waals surface area contributed by atoms with Crippen LogP contribution in [0.3, 0.4) is 0 Å². The minimum atomic E-state index is 0.493. The summed E-state index contributed by atoms with van der Waals surface area (Å²) in [5.74, 6) is 1.11. The molecule has 5 nitrogen and oxygen atoms in total. The lowest BCUT2D eigenvalue weighted by molar-refractivity contribution is 0.682. The Kier molecular flexibility index (Phi) is 7.28. The van der Waals surface area contributed by atoms with Crippen molar-refractivity contribution in [1.82, 2.24) is 9.97 Å². The number of nitrogens with zero attached hydrogens (tertiary/aromatic N) is 2. The maximum Gasteiger partial charge on any atom is 0.229 e. The SMILES string of the molecule is C=C/C(=C\C1=C(C)CCCC1)Nc1ncc(Cl)c(NCCCN)n1. The number of nitrogens with one attached hydrogen (secondary N) is 2. The van der Waals surface area contributed by atoms with Crippen LogP contribution in [-0.4, -0.2) is 23.1 Å². The van der Waals surface area contributed by atoms with Crippen molar-refractivity contribution >= 4 is 23.4 Å². The van der Waals surface area contributed by atoms with Crippen LogP contribution in [0.25, 0.3) is 0 Å². The van der Waals surface area contributed by atoms with Crippen molar-refractivity contribution in [1.29, 1.82) is 0 Å². The van der Waals surface area contributed by atoms with Crippen molar-refractivity contribution in [2.24, 2.45) is 5.73 Å². The molecular weight excluding hydrogens is 322 g/mol. The average Bonchev–Trinajstić information content (AvgIpc) is 2.59. The van der Waals surface area contributed by atoms with Gasteiger partial charge in [-0.25, -0.2) is 4.98 Å². The van der Waals surface area contributed by atoms with E-state index >= 15 is 0 Å². The third-order valence-electron chi connectivity index (χ3n) is 4.02. The van der Waals surface area contributed by atoms with Crippen molar-refractivity contribution in [3.63, 3.8) is 0 Å². The van der Waals surface area contributed by atoms with Crippen LogP contribution in [-0.2, 0) is 0 Å². The van der Waals surface area contributed by atoms with Gasteiger partial charge in [-0.2, -0.15) is 4.98 Å². The van der Waals surface area contributed by atoms with Crippen LogP contribution < -0.4 is 16.4 Å². The highest BCUT2D eigenvalue weighted by molar-refractivity contribution is 6.32. The Morgan fingerprint density at radius 1 is 1.42 bits per heavy atom. The summed E-state index contributed by atoms with van der Waals surface area (Å²) in [5.41, 5.74) is 9.22. The van der Waals surface area contributed by atoms with Crippen LogP contribution >= 0.6 is 11.6 Å². The highest BCUT2D eigenvalue weighted by Gasteiger charge is 2.09. The number of allylic oxidation sites excluding steroid dienone is 4. The number of hydrogen-bond acceptors (Lipinski definition) is 5. The van der Waals surface area contributed by atoms with Crippen molar-refractivity contribution in [2.75, 3.05) is 23.7 Å². The largest absolute Gasteiger partial charge is 0.369 e. The Hall–Kier alpha value is -1.85. The maximum atomic E-state index is 6.13. The summed E-state index contributed by atoms with van der Waals surface area (Å²) in [7, 11) is 0. The Morgan fingerprint density at radius 2 is 2.21 bits per heavy atom. The first kappa shape index (κ1) is 18.5. The van der Waals surface area contributed by atoms with Crippen molar-refractivity contribution in [3.8, 4) is 0 Å². The number of halogens is 1. The van der Waals surface area contributed by atoms with E-state index in [2.05, 4.69) is 40.2 Å². The van der Waals surface area contributed by atoms with Crippen molar-refractivity contribution in [2.45, 2.75) is 39.0 Å². The molecule has 0 spiro atoms. The molecule has 0 amide bonds. The molecule has 2 rings (SSSR count). The molecule has 1 aromatic rings. The van der Waals surface area contributed by atoms with Crippen molar-refractivity contribution in [3.05, 3.63) is 46.8 Å². The molecule has 0 bridgehead atoms. The predicted octanol–water partition coefficient (Wildman–Crippen LogP) is 4.26. The van der Waals surface area contributed by atoms with E-state index in [9.17, 15) is 0 Å². The maximum absolute atomic E-state index is 6.13. The summed E-state index contributed by atoms with van der Waals surface area (Å²) < 4.78 is 0. The summed E-state index contributed by atoms with van der Waals surface area (Å²) >= 11 is 6.13. The third kappa shape index (κ3) is 5.35. The lowest BCUT2D eigenvalue weighted by atomic mass is 9.92. The first-order valence-corrected chi connectivity index (χ1v) is 8.78. The van der Waals surface area contributed by atoms with Gasteiger partial charge in [0.05, 0.1) is 6.20 Å². The van der Waals surface area contributed by atoms with Gasteiger partial charge in [0.25, 0.3) is 0 Å². The molecule has 0 aliphatic heterocycles. The van der Waals surface area contributed by atoms with E-state index in [0.717, 1.165) is 25.1 Å². The fraction of sp³-hybridized carbons (Fsp3) is 0.444. The van der Waals surface area contributed by atoms with E-state index in [-0.39, 0.29) is 0 Å². The molecule has 0 aromatic carbocycles. The monoisotopic (exact) mass is 347 g/mol. The minimum Gasteiger partial charge on any atom is -0.369 e. The number of anilines is 2. The van der Waals surface area contributed by atoms with E-state index in [1.165, 1.54) is 30.4 Å². The molecule has 0 unspecified atom stereocenters. The molecule has 4 N–H and O–H groups in total. The van der Waals surface area contributed by atoms with E-state index in [1.807, 2.05) is 0 Å². The summed E-state index contributed by atoms with van der Waals surface area (Å²) in [6.07, 6.45) is 11.2. The minimum absolute atomic E-state index is 0.493. The smallest absolute Gasteiger partial charge is 0.229 e. The second-order valence-electron chi connectivity index (χ2n) is 5.90. The lowest BCUT2D eigenvalue weighted by Gasteiger charge is -2.16. The van der Waals surface area contributed by atoms with E-state index < -0.39 is 0 Å². The molecule has 1 heterocycles. The Bertz CT molecular complexity index is 636. The number of nitrogens with two attached hydrogens (primary N) is 1. The highest BCUT2D eigenvalue weighted by Crippen LogP contribution is 2.26. The molecule has 1 aromatic heterocycles. The zero-order chi connectivity index (χ0) is 17.4. The quantitative estimate of drug-likeness (QED) is 0.484. The van der Waals surface area contributed by atoms with Crippen LogP contribution in [0.2, 0.25) is 5.02 Å². The molecule has 0 radical (unpaired) electrons. The van der Waals surface area contributed by atoms with E-state index in [4.69, 9.17) is 17.3 Å². The zero-order valence-corrected chi connectivity index (χ0v) is 15.0. The second-order valence-corrected chi connectivity index (χ2v) is 6.31. The van der Waals surface area contributed by atoms with Gasteiger partial charge in [-0.3, -0.25) is 0 Å². The molecule has 24 heavy (non-hydrogen) atoms. The van der Waals surface area contributed by atoms with Gasteiger partial charge in [-0.1, -0.05) is 23.8 Å². The van der Waals surface area contributed by atoms with Gasteiger partial charge in [-0.15, -0.1) is 0 Å².